The van der Waals surface area contributed by atoms with Gasteiger partial charge in [-0.25, -0.2) is 0 Å². The maximum atomic E-state index is 10.3. The van der Waals surface area contributed by atoms with Gasteiger partial charge in [0, 0.05) is 18.7 Å². The van der Waals surface area contributed by atoms with E-state index in [1.54, 1.807) is 6.07 Å². The third kappa shape index (κ3) is 4.11. The summed E-state index contributed by atoms with van der Waals surface area (Å²) < 4.78 is 0. The van der Waals surface area contributed by atoms with Gasteiger partial charge >= 0.3 is 0 Å². The predicted molar refractivity (Wildman–Crippen MR) is 85.5 cm³/mol. The Hall–Kier alpha value is -0.280. The van der Waals surface area contributed by atoms with E-state index in [1.807, 2.05) is 12.1 Å². The second-order valence-corrected chi connectivity index (χ2v) is 6.48. The summed E-state index contributed by atoms with van der Waals surface area (Å²) in [7, 11) is 0. The standard InChI is InChI=1S/C16H23Cl2NO/c1-2-4-12-7-9-19(11-12)10-8-15(20)13-5-3-6-14(17)16(13)18/h3,5-6,12,15,20H,2,4,7-11H2,1H3. The lowest BCUT2D eigenvalue weighted by Gasteiger charge is -2.19. The van der Waals surface area contributed by atoms with E-state index < -0.39 is 6.10 Å². The lowest BCUT2D eigenvalue weighted by atomic mass is 10.0. The van der Waals surface area contributed by atoms with Crippen molar-refractivity contribution in [2.75, 3.05) is 19.6 Å². The second kappa shape index (κ2) is 7.65. The van der Waals surface area contributed by atoms with Gasteiger partial charge in [-0.2, -0.15) is 0 Å². The number of benzene rings is 1. The Balaban J connectivity index is 1.84. The average Bonchev–Trinajstić information content (AvgIpc) is 2.87. The van der Waals surface area contributed by atoms with Gasteiger partial charge in [-0.1, -0.05) is 48.7 Å². The Morgan fingerprint density at radius 2 is 2.20 bits per heavy atom. The van der Waals surface area contributed by atoms with Gasteiger partial charge in [-0.05, 0) is 37.8 Å². The molecule has 0 bridgehead atoms. The van der Waals surface area contributed by atoms with Crippen LogP contribution in [0.15, 0.2) is 18.2 Å². The van der Waals surface area contributed by atoms with Gasteiger partial charge in [0.05, 0.1) is 16.1 Å². The van der Waals surface area contributed by atoms with Crippen LogP contribution in [0.4, 0.5) is 0 Å². The highest BCUT2D eigenvalue weighted by Crippen LogP contribution is 2.31. The molecule has 2 nitrogen and oxygen atoms in total. The van der Waals surface area contributed by atoms with Crippen molar-refractivity contribution in [1.29, 1.82) is 0 Å². The largest absolute Gasteiger partial charge is 0.388 e. The maximum Gasteiger partial charge on any atom is 0.0817 e. The smallest absolute Gasteiger partial charge is 0.0817 e. The van der Waals surface area contributed by atoms with Crippen LogP contribution in [0.1, 0.15) is 44.3 Å². The number of likely N-dealkylation sites (tertiary alicyclic amines) is 1. The van der Waals surface area contributed by atoms with Gasteiger partial charge in [0.15, 0.2) is 0 Å². The van der Waals surface area contributed by atoms with Crippen molar-refractivity contribution in [2.24, 2.45) is 5.92 Å². The minimum Gasteiger partial charge on any atom is -0.388 e. The monoisotopic (exact) mass is 315 g/mol. The van der Waals surface area contributed by atoms with Crippen molar-refractivity contribution in [2.45, 2.75) is 38.7 Å². The van der Waals surface area contributed by atoms with E-state index in [0.29, 0.717) is 16.5 Å². The van der Waals surface area contributed by atoms with Crippen molar-refractivity contribution < 1.29 is 5.11 Å². The van der Waals surface area contributed by atoms with Gasteiger partial charge in [0.25, 0.3) is 0 Å². The number of aliphatic hydroxyl groups is 1. The van der Waals surface area contributed by atoms with E-state index in [-0.39, 0.29) is 0 Å². The lowest BCUT2D eigenvalue weighted by Crippen LogP contribution is -2.23. The molecule has 2 rings (SSSR count). The van der Waals surface area contributed by atoms with Crippen LogP contribution >= 0.6 is 23.2 Å². The molecule has 0 saturated carbocycles. The van der Waals surface area contributed by atoms with Crippen molar-refractivity contribution >= 4 is 23.2 Å². The Bertz CT molecular complexity index is 438. The quantitative estimate of drug-likeness (QED) is 0.833. The molecular weight excluding hydrogens is 293 g/mol. The summed E-state index contributed by atoms with van der Waals surface area (Å²) in [6.07, 6.45) is 4.05. The van der Waals surface area contributed by atoms with E-state index in [9.17, 15) is 5.11 Å². The molecule has 4 heteroatoms. The van der Waals surface area contributed by atoms with Crippen LogP contribution in [0.5, 0.6) is 0 Å². The molecule has 0 aliphatic carbocycles. The van der Waals surface area contributed by atoms with Crippen LogP contribution in [0.2, 0.25) is 10.0 Å². The zero-order valence-electron chi connectivity index (χ0n) is 12.0. The molecule has 112 valence electrons. The van der Waals surface area contributed by atoms with Crippen molar-refractivity contribution in [3.05, 3.63) is 33.8 Å². The maximum absolute atomic E-state index is 10.3. The first-order valence-corrected chi connectivity index (χ1v) is 8.21. The highest BCUT2D eigenvalue weighted by atomic mass is 35.5. The summed E-state index contributed by atoms with van der Waals surface area (Å²) in [5.74, 6) is 0.840. The first kappa shape index (κ1) is 16.1. The second-order valence-electron chi connectivity index (χ2n) is 5.69. The lowest BCUT2D eigenvalue weighted by molar-refractivity contribution is 0.148. The van der Waals surface area contributed by atoms with Crippen LogP contribution in [0.3, 0.4) is 0 Å². The van der Waals surface area contributed by atoms with E-state index in [0.717, 1.165) is 24.6 Å². The third-order valence-electron chi connectivity index (χ3n) is 4.13. The molecule has 1 aliphatic heterocycles. The summed E-state index contributed by atoms with van der Waals surface area (Å²) in [4.78, 5) is 2.45. The van der Waals surface area contributed by atoms with Gasteiger partial charge in [-0.3, -0.25) is 0 Å². The topological polar surface area (TPSA) is 23.5 Å². The van der Waals surface area contributed by atoms with Crippen LogP contribution in [0.25, 0.3) is 0 Å². The molecule has 1 aliphatic rings. The van der Waals surface area contributed by atoms with Crippen LogP contribution in [-0.4, -0.2) is 29.6 Å². The number of hydrogen-bond acceptors (Lipinski definition) is 2. The highest BCUT2D eigenvalue weighted by molar-refractivity contribution is 6.42. The fourth-order valence-corrected chi connectivity index (χ4v) is 3.43. The minimum absolute atomic E-state index is 0.479. The van der Waals surface area contributed by atoms with E-state index in [2.05, 4.69) is 11.8 Å². The van der Waals surface area contributed by atoms with Gasteiger partial charge < -0.3 is 10.0 Å². The molecule has 0 aromatic heterocycles. The zero-order valence-corrected chi connectivity index (χ0v) is 13.5. The van der Waals surface area contributed by atoms with E-state index in [4.69, 9.17) is 23.2 Å². The fraction of sp³-hybridized carbons (Fsp3) is 0.625. The Labute approximate surface area is 131 Å². The molecule has 0 spiro atoms. The molecule has 2 atom stereocenters. The van der Waals surface area contributed by atoms with Crippen molar-refractivity contribution in [3.63, 3.8) is 0 Å². The highest BCUT2D eigenvalue weighted by Gasteiger charge is 2.22. The van der Waals surface area contributed by atoms with Crippen LogP contribution in [-0.2, 0) is 0 Å². The first-order valence-electron chi connectivity index (χ1n) is 7.46. The van der Waals surface area contributed by atoms with Crippen molar-refractivity contribution in [3.8, 4) is 0 Å². The van der Waals surface area contributed by atoms with Gasteiger partial charge in [0.1, 0.15) is 0 Å². The Morgan fingerprint density at radius 1 is 1.40 bits per heavy atom. The first-order chi connectivity index (χ1) is 9.61. The SMILES string of the molecule is CCCC1CCN(CCC(O)c2cccc(Cl)c2Cl)C1. The zero-order chi connectivity index (χ0) is 14.5. The molecular formula is C16H23Cl2NO. The molecule has 1 aromatic carbocycles. The molecule has 1 saturated heterocycles. The molecule has 1 fully saturated rings. The third-order valence-corrected chi connectivity index (χ3v) is 4.96. The van der Waals surface area contributed by atoms with Gasteiger partial charge in [0.2, 0.25) is 0 Å². The fourth-order valence-electron chi connectivity index (χ4n) is 3.00. The van der Waals surface area contributed by atoms with Gasteiger partial charge in [-0.15, -0.1) is 0 Å². The minimum atomic E-state index is -0.536. The molecule has 0 amide bonds. The summed E-state index contributed by atoms with van der Waals surface area (Å²) in [6.45, 7) is 5.49. The average molecular weight is 316 g/mol. The number of nitrogens with zero attached hydrogens (tertiary/aromatic N) is 1. The summed E-state index contributed by atoms with van der Waals surface area (Å²) >= 11 is 12.1. The molecule has 1 N–H and O–H groups in total. The van der Waals surface area contributed by atoms with Crippen LogP contribution in [0, 0.1) is 5.92 Å². The Morgan fingerprint density at radius 3 is 2.95 bits per heavy atom. The number of hydrogen-bond donors (Lipinski definition) is 1. The summed E-state index contributed by atoms with van der Waals surface area (Å²) in [5, 5.41) is 11.3. The van der Waals surface area contributed by atoms with Crippen molar-refractivity contribution in [1.82, 2.24) is 4.90 Å². The predicted octanol–water partition coefficient (Wildman–Crippen LogP) is 4.54. The molecule has 1 heterocycles. The van der Waals surface area contributed by atoms with Crippen LogP contribution < -0.4 is 0 Å². The Kier molecular flexibility index (Phi) is 6.16. The number of halogens is 2. The summed E-state index contributed by atoms with van der Waals surface area (Å²) in [5.41, 5.74) is 0.739. The summed E-state index contributed by atoms with van der Waals surface area (Å²) in [6, 6.07) is 5.43. The molecule has 2 unspecified atom stereocenters. The molecule has 0 radical (unpaired) electrons. The molecule has 20 heavy (non-hydrogen) atoms. The number of aliphatic hydroxyl groups excluding tert-OH is 1. The normalized spacial score (nSPS) is 21.3. The van der Waals surface area contributed by atoms with E-state index in [1.165, 1.54) is 25.8 Å². The van der Waals surface area contributed by atoms with E-state index >= 15 is 0 Å². The molecule has 1 aromatic rings. The number of rotatable bonds is 6.